The molecule has 8 heteroatoms. The van der Waals surface area contributed by atoms with E-state index in [4.69, 9.17) is 9.47 Å². The number of methoxy groups -OCH3 is 1. The van der Waals surface area contributed by atoms with Gasteiger partial charge in [0.1, 0.15) is 6.61 Å². The van der Waals surface area contributed by atoms with Crippen molar-refractivity contribution < 1.29 is 9.47 Å². The van der Waals surface area contributed by atoms with Crippen LogP contribution in [0.4, 0.5) is 0 Å². The molecule has 2 fully saturated rings. The number of fused-ring (bicyclic) bond motifs is 2. The summed E-state index contributed by atoms with van der Waals surface area (Å²) >= 11 is 0. The summed E-state index contributed by atoms with van der Waals surface area (Å²) in [5, 5.41) is 0.927. The van der Waals surface area contributed by atoms with E-state index in [1.807, 2.05) is 6.07 Å². The Balaban J connectivity index is 0.00000104. The maximum absolute atomic E-state index is 5.96. The van der Waals surface area contributed by atoms with E-state index in [1.54, 1.807) is 25.7 Å². The molecule has 0 radical (unpaired) electrons. The number of pyridine rings is 1. The van der Waals surface area contributed by atoms with E-state index in [2.05, 4.69) is 19.9 Å². The molecule has 0 aliphatic carbocycles. The van der Waals surface area contributed by atoms with E-state index in [9.17, 15) is 0 Å². The minimum absolute atomic E-state index is 0. The average Bonchev–Trinajstić information content (AvgIpc) is 3.09. The summed E-state index contributed by atoms with van der Waals surface area (Å²) in [4.78, 5) is 15.3. The Labute approximate surface area is 153 Å². The highest BCUT2D eigenvalue weighted by Gasteiger charge is 2.49. The van der Waals surface area contributed by atoms with Crippen LogP contribution < -0.4 is 4.74 Å². The van der Waals surface area contributed by atoms with Crippen molar-refractivity contribution in [3.8, 4) is 6.01 Å². The maximum atomic E-state index is 5.96. The minimum Gasteiger partial charge on any atom is -0.461 e. The molecule has 0 saturated carbocycles. The van der Waals surface area contributed by atoms with Crippen LogP contribution in [0.2, 0.25) is 0 Å². The van der Waals surface area contributed by atoms with Crippen LogP contribution in [0.3, 0.4) is 0 Å². The van der Waals surface area contributed by atoms with E-state index >= 15 is 0 Å². The molecular formula is C16H22Cl2N4O2. The highest BCUT2D eigenvalue weighted by molar-refractivity contribution is 5.85. The van der Waals surface area contributed by atoms with Crippen molar-refractivity contribution in [3.63, 3.8) is 0 Å². The number of hydrogen-bond acceptors (Lipinski definition) is 6. The molecule has 2 aromatic heterocycles. The maximum Gasteiger partial charge on any atom is 0.316 e. The summed E-state index contributed by atoms with van der Waals surface area (Å²) in [6.07, 6.45) is 8.98. The van der Waals surface area contributed by atoms with Crippen LogP contribution in [-0.4, -0.2) is 58.3 Å². The molecule has 24 heavy (non-hydrogen) atoms. The Kier molecular flexibility index (Phi) is 6.20. The van der Waals surface area contributed by atoms with Gasteiger partial charge in [0.25, 0.3) is 0 Å². The lowest BCUT2D eigenvalue weighted by molar-refractivity contribution is 0.0997. The van der Waals surface area contributed by atoms with Gasteiger partial charge in [-0.3, -0.25) is 9.88 Å². The number of ether oxygens (including phenoxy) is 2. The highest BCUT2D eigenvalue weighted by Crippen LogP contribution is 2.40. The lowest BCUT2D eigenvalue weighted by atomic mass is 9.94. The predicted molar refractivity (Wildman–Crippen MR) is 96.3 cm³/mol. The molecule has 2 atom stereocenters. The second-order valence-corrected chi connectivity index (χ2v) is 6.21. The highest BCUT2D eigenvalue weighted by atomic mass is 35.5. The van der Waals surface area contributed by atoms with Crippen molar-refractivity contribution in [2.24, 2.45) is 0 Å². The predicted octanol–water partition coefficient (Wildman–Crippen LogP) is 2.50. The van der Waals surface area contributed by atoms with Crippen LogP contribution in [-0.2, 0) is 4.74 Å². The smallest absolute Gasteiger partial charge is 0.316 e. The van der Waals surface area contributed by atoms with E-state index in [1.165, 1.54) is 6.42 Å². The van der Waals surface area contributed by atoms with Gasteiger partial charge in [0, 0.05) is 37.6 Å². The van der Waals surface area contributed by atoms with Crippen molar-refractivity contribution in [3.05, 3.63) is 24.7 Å². The molecule has 6 nitrogen and oxygen atoms in total. The monoisotopic (exact) mass is 372 g/mol. The Morgan fingerprint density at radius 3 is 3.04 bits per heavy atom. The van der Waals surface area contributed by atoms with E-state index in [0.29, 0.717) is 18.7 Å². The van der Waals surface area contributed by atoms with Gasteiger partial charge in [0.05, 0.1) is 17.2 Å². The quantitative estimate of drug-likeness (QED) is 0.821. The van der Waals surface area contributed by atoms with Gasteiger partial charge < -0.3 is 9.47 Å². The third kappa shape index (κ3) is 3.42. The first kappa shape index (κ1) is 19.1. The van der Waals surface area contributed by atoms with Gasteiger partial charge >= 0.3 is 6.01 Å². The van der Waals surface area contributed by atoms with Crippen LogP contribution in [0.15, 0.2) is 24.7 Å². The lowest BCUT2D eigenvalue weighted by Gasteiger charge is -2.30. The fraction of sp³-hybridized carbons (Fsp3) is 0.562. The van der Waals surface area contributed by atoms with Gasteiger partial charge in [-0.05, 0) is 31.9 Å². The van der Waals surface area contributed by atoms with Gasteiger partial charge in [-0.2, -0.15) is 4.98 Å². The molecule has 0 bridgehead atoms. The van der Waals surface area contributed by atoms with Gasteiger partial charge in [-0.25, -0.2) is 4.98 Å². The van der Waals surface area contributed by atoms with E-state index < -0.39 is 0 Å². The normalized spacial score (nSPS) is 25.8. The standard InChI is InChI=1S/C16H20N4O2.2ClH/c1-21-13-7-16(4-2-6-20(16)10-13)11-22-15-18-9-12-8-17-5-3-14(12)19-15;;/h3,5,8-9,13H,2,4,6-7,10-11H2,1H3;2*1H. The van der Waals surface area contributed by atoms with E-state index in [0.717, 1.165) is 36.8 Å². The number of rotatable bonds is 4. The largest absolute Gasteiger partial charge is 0.461 e. The van der Waals surface area contributed by atoms with Crippen LogP contribution in [0, 0.1) is 0 Å². The Hall–Kier alpha value is -1.21. The van der Waals surface area contributed by atoms with Crippen molar-refractivity contribution >= 4 is 35.7 Å². The van der Waals surface area contributed by atoms with Crippen LogP contribution in [0.25, 0.3) is 10.9 Å². The third-order valence-electron chi connectivity index (χ3n) is 4.93. The molecule has 4 rings (SSSR count). The first-order valence-electron chi connectivity index (χ1n) is 7.76. The molecule has 4 heterocycles. The Morgan fingerprint density at radius 2 is 2.21 bits per heavy atom. The Bertz CT molecular complexity index is 690. The fourth-order valence-electron chi connectivity index (χ4n) is 3.75. The van der Waals surface area contributed by atoms with Crippen LogP contribution in [0.1, 0.15) is 19.3 Å². The van der Waals surface area contributed by atoms with Crippen molar-refractivity contribution in [1.29, 1.82) is 0 Å². The number of aromatic nitrogens is 3. The number of halogens is 2. The van der Waals surface area contributed by atoms with E-state index in [-0.39, 0.29) is 30.4 Å². The number of nitrogens with zero attached hydrogens (tertiary/aromatic N) is 4. The number of hydrogen-bond donors (Lipinski definition) is 0. The molecule has 0 spiro atoms. The van der Waals surface area contributed by atoms with Crippen molar-refractivity contribution in [2.45, 2.75) is 30.9 Å². The summed E-state index contributed by atoms with van der Waals surface area (Å²) in [5.74, 6) is 0. The summed E-state index contributed by atoms with van der Waals surface area (Å²) in [5.41, 5.74) is 0.957. The first-order valence-corrected chi connectivity index (χ1v) is 7.76. The second kappa shape index (κ2) is 7.78. The third-order valence-corrected chi connectivity index (χ3v) is 4.93. The minimum atomic E-state index is 0. The zero-order chi connectivity index (χ0) is 15.0. The fourth-order valence-corrected chi connectivity index (χ4v) is 3.75. The lowest BCUT2D eigenvalue weighted by Crippen LogP contribution is -2.43. The summed E-state index contributed by atoms with van der Waals surface area (Å²) in [7, 11) is 1.79. The van der Waals surface area contributed by atoms with Crippen molar-refractivity contribution in [2.75, 3.05) is 26.8 Å². The average molecular weight is 373 g/mol. The molecule has 2 unspecified atom stereocenters. The molecule has 0 N–H and O–H groups in total. The molecule has 0 aromatic carbocycles. The zero-order valence-electron chi connectivity index (χ0n) is 13.6. The SMILES string of the molecule is COC1CN2CCCC2(COc2ncc3cnccc3n2)C1.Cl.Cl. The summed E-state index contributed by atoms with van der Waals surface area (Å²) in [6, 6.07) is 2.32. The summed E-state index contributed by atoms with van der Waals surface area (Å²) in [6.45, 7) is 2.76. The van der Waals surface area contributed by atoms with Crippen LogP contribution >= 0.6 is 24.8 Å². The summed E-state index contributed by atoms with van der Waals surface area (Å²) < 4.78 is 11.5. The molecule has 132 valence electrons. The van der Waals surface area contributed by atoms with Crippen LogP contribution in [0.5, 0.6) is 6.01 Å². The van der Waals surface area contributed by atoms with Gasteiger partial charge in [-0.1, -0.05) is 0 Å². The van der Waals surface area contributed by atoms with Gasteiger partial charge in [-0.15, -0.1) is 24.8 Å². The first-order chi connectivity index (χ1) is 10.8. The Morgan fingerprint density at radius 1 is 1.33 bits per heavy atom. The van der Waals surface area contributed by atoms with Crippen molar-refractivity contribution in [1.82, 2.24) is 19.9 Å². The van der Waals surface area contributed by atoms with Gasteiger partial charge in [0.15, 0.2) is 0 Å². The topological polar surface area (TPSA) is 60.4 Å². The molecule has 2 saturated heterocycles. The van der Waals surface area contributed by atoms with Gasteiger partial charge in [0.2, 0.25) is 0 Å². The second-order valence-electron chi connectivity index (χ2n) is 6.21. The molecular weight excluding hydrogens is 351 g/mol. The zero-order valence-corrected chi connectivity index (χ0v) is 15.2. The molecule has 2 aliphatic heterocycles. The molecule has 0 amide bonds. The molecule has 2 aliphatic rings. The molecule has 2 aromatic rings.